The van der Waals surface area contributed by atoms with Crippen molar-refractivity contribution < 1.29 is 0 Å². The standard InChI is InChI=1S/C16H14N4S/c1-2-12-9-13-15-19-17-10-20(15)14(18-16(13)21-12)8-11-6-4-3-5-7-11/h3-7,9-10H,2,8H2,1H3. The van der Waals surface area contributed by atoms with E-state index in [0.29, 0.717) is 0 Å². The first-order valence-electron chi connectivity index (χ1n) is 7.00. The second kappa shape index (κ2) is 4.93. The van der Waals surface area contributed by atoms with Gasteiger partial charge in [-0.05, 0) is 18.1 Å². The highest BCUT2D eigenvalue weighted by Crippen LogP contribution is 2.28. The number of benzene rings is 1. The molecule has 1 aromatic carbocycles. The lowest BCUT2D eigenvalue weighted by atomic mass is 10.1. The molecule has 0 N–H and O–H groups in total. The summed E-state index contributed by atoms with van der Waals surface area (Å²) in [5.41, 5.74) is 2.15. The summed E-state index contributed by atoms with van der Waals surface area (Å²) in [6.45, 7) is 2.16. The molecule has 0 fully saturated rings. The molecule has 104 valence electrons. The van der Waals surface area contributed by atoms with Crippen molar-refractivity contribution in [3.05, 3.63) is 59.0 Å². The molecule has 5 heteroatoms. The maximum atomic E-state index is 4.84. The second-order valence-corrected chi connectivity index (χ2v) is 6.12. The minimum atomic E-state index is 0.782. The SMILES string of the molecule is CCc1cc2c(nc(Cc3ccccc3)n3cnnc23)s1. The summed E-state index contributed by atoms with van der Waals surface area (Å²) >= 11 is 1.75. The lowest BCUT2D eigenvalue weighted by molar-refractivity contribution is 0.936. The fourth-order valence-corrected chi connectivity index (χ4v) is 3.51. The van der Waals surface area contributed by atoms with Gasteiger partial charge in [0.2, 0.25) is 0 Å². The molecule has 4 aromatic rings. The number of hydrogen-bond acceptors (Lipinski definition) is 4. The smallest absolute Gasteiger partial charge is 0.172 e. The van der Waals surface area contributed by atoms with E-state index >= 15 is 0 Å². The number of nitrogens with zero attached hydrogens (tertiary/aromatic N) is 4. The third-order valence-corrected chi connectivity index (χ3v) is 4.79. The molecule has 0 unspecified atom stereocenters. The first-order chi connectivity index (χ1) is 10.3. The van der Waals surface area contributed by atoms with E-state index in [1.165, 1.54) is 10.4 Å². The van der Waals surface area contributed by atoms with E-state index in [0.717, 1.165) is 34.5 Å². The highest BCUT2D eigenvalue weighted by molar-refractivity contribution is 7.18. The number of aromatic nitrogens is 4. The van der Waals surface area contributed by atoms with Crippen LogP contribution in [0.4, 0.5) is 0 Å². The summed E-state index contributed by atoms with van der Waals surface area (Å²) in [5, 5.41) is 9.45. The summed E-state index contributed by atoms with van der Waals surface area (Å²) in [7, 11) is 0. The number of rotatable bonds is 3. The molecule has 0 saturated heterocycles. The van der Waals surface area contributed by atoms with Gasteiger partial charge in [0.1, 0.15) is 17.0 Å². The van der Waals surface area contributed by atoms with Crippen LogP contribution < -0.4 is 0 Å². The van der Waals surface area contributed by atoms with Crippen LogP contribution in [0.25, 0.3) is 15.9 Å². The van der Waals surface area contributed by atoms with Gasteiger partial charge in [-0.25, -0.2) is 4.98 Å². The average molecular weight is 294 g/mol. The molecule has 0 radical (unpaired) electrons. The summed E-state index contributed by atoms with van der Waals surface area (Å²) in [6.07, 6.45) is 3.56. The van der Waals surface area contributed by atoms with E-state index in [-0.39, 0.29) is 0 Å². The monoisotopic (exact) mass is 294 g/mol. The fraction of sp³-hybridized carbons (Fsp3) is 0.188. The summed E-state index contributed by atoms with van der Waals surface area (Å²) < 4.78 is 2.00. The predicted octanol–water partition coefficient (Wildman–Crippen LogP) is 3.49. The van der Waals surface area contributed by atoms with E-state index in [1.54, 1.807) is 17.7 Å². The van der Waals surface area contributed by atoms with Crippen molar-refractivity contribution in [2.45, 2.75) is 19.8 Å². The molecule has 3 aromatic heterocycles. The van der Waals surface area contributed by atoms with Crippen LogP contribution in [0.15, 0.2) is 42.7 Å². The second-order valence-electron chi connectivity index (χ2n) is 5.00. The van der Waals surface area contributed by atoms with Gasteiger partial charge in [-0.3, -0.25) is 4.40 Å². The minimum Gasteiger partial charge on any atom is -0.268 e. The Balaban J connectivity index is 1.92. The Hall–Kier alpha value is -2.27. The van der Waals surface area contributed by atoms with Crippen molar-refractivity contribution in [2.75, 3.05) is 0 Å². The van der Waals surface area contributed by atoms with Gasteiger partial charge in [0, 0.05) is 11.3 Å². The highest BCUT2D eigenvalue weighted by atomic mass is 32.1. The van der Waals surface area contributed by atoms with E-state index in [4.69, 9.17) is 4.98 Å². The molecule has 0 spiro atoms. The van der Waals surface area contributed by atoms with Crippen LogP contribution in [0, 0.1) is 0 Å². The Morgan fingerprint density at radius 3 is 2.86 bits per heavy atom. The first-order valence-corrected chi connectivity index (χ1v) is 7.81. The number of fused-ring (bicyclic) bond motifs is 3. The number of hydrogen-bond donors (Lipinski definition) is 0. The molecule has 4 nitrogen and oxygen atoms in total. The summed E-state index contributed by atoms with van der Waals surface area (Å²) in [6, 6.07) is 12.6. The zero-order chi connectivity index (χ0) is 14.2. The number of thiophene rings is 1. The van der Waals surface area contributed by atoms with Crippen molar-refractivity contribution >= 4 is 27.2 Å². The normalized spacial score (nSPS) is 11.5. The third-order valence-electron chi connectivity index (χ3n) is 3.61. The Morgan fingerprint density at radius 2 is 2.05 bits per heavy atom. The molecule has 0 aliphatic carbocycles. The van der Waals surface area contributed by atoms with Crippen molar-refractivity contribution in [2.24, 2.45) is 0 Å². The quantitative estimate of drug-likeness (QED) is 0.581. The molecule has 4 rings (SSSR count). The van der Waals surface area contributed by atoms with Crippen molar-refractivity contribution in [3.63, 3.8) is 0 Å². The molecule has 0 amide bonds. The molecular formula is C16H14N4S. The van der Waals surface area contributed by atoms with Crippen LogP contribution in [-0.2, 0) is 12.8 Å². The lowest BCUT2D eigenvalue weighted by Crippen LogP contribution is -2.01. The van der Waals surface area contributed by atoms with Gasteiger partial charge in [0.05, 0.1) is 5.39 Å². The van der Waals surface area contributed by atoms with Gasteiger partial charge in [0.15, 0.2) is 5.65 Å². The molecule has 0 aliphatic heterocycles. The van der Waals surface area contributed by atoms with Crippen molar-refractivity contribution in [1.29, 1.82) is 0 Å². The number of aryl methyl sites for hydroxylation is 1. The Labute approximate surface area is 126 Å². The maximum Gasteiger partial charge on any atom is 0.172 e. The molecule has 3 heterocycles. The third kappa shape index (κ3) is 2.10. The summed E-state index contributed by atoms with van der Waals surface area (Å²) in [5.74, 6) is 0.984. The molecule has 0 aliphatic rings. The first kappa shape index (κ1) is 12.5. The van der Waals surface area contributed by atoms with E-state index in [2.05, 4.69) is 47.5 Å². The van der Waals surface area contributed by atoms with Gasteiger partial charge < -0.3 is 0 Å². The van der Waals surface area contributed by atoms with E-state index < -0.39 is 0 Å². The zero-order valence-electron chi connectivity index (χ0n) is 11.7. The molecule has 0 saturated carbocycles. The van der Waals surface area contributed by atoms with Crippen LogP contribution in [0.3, 0.4) is 0 Å². The maximum absolute atomic E-state index is 4.84. The van der Waals surface area contributed by atoms with Gasteiger partial charge in [0.25, 0.3) is 0 Å². The van der Waals surface area contributed by atoms with Crippen LogP contribution in [-0.4, -0.2) is 19.6 Å². The molecular weight excluding hydrogens is 280 g/mol. The molecule has 0 atom stereocenters. The largest absolute Gasteiger partial charge is 0.268 e. The van der Waals surface area contributed by atoms with Gasteiger partial charge >= 0.3 is 0 Å². The van der Waals surface area contributed by atoms with Gasteiger partial charge in [-0.15, -0.1) is 21.5 Å². The zero-order valence-corrected chi connectivity index (χ0v) is 12.5. The van der Waals surface area contributed by atoms with Crippen molar-refractivity contribution in [3.8, 4) is 0 Å². The van der Waals surface area contributed by atoms with Gasteiger partial charge in [-0.2, -0.15) is 0 Å². The lowest BCUT2D eigenvalue weighted by Gasteiger charge is -2.04. The highest BCUT2D eigenvalue weighted by Gasteiger charge is 2.13. The van der Waals surface area contributed by atoms with Crippen LogP contribution in [0.1, 0.15) is 23.2 Å². The van der Waals surface area contributed by atoms with Gasteiger partial charge in [-0.1, -0.05) is 37.3 Å². The molecule has 0 bridgehead atoms. The van der Waals surface area contributed by atoms with E-state index in [9.17, 15) is 0 Å². The molecule has 21 heavy (non-hydrogen) atoms. The predicted molar refractivity (Wildman–Crippen MR) is 84.8 cm³/mol. The van der Waals surface area contributed by atoms with Crippen LogP contribution in [0.5, 0.6) is 0 Å². The topological polar surface area (TPSA) is 43.1 Å². The fourth-order valence-electron chi connectivity index (χ4n) is 2.53. The average Bonchev–Trinajstić information content (AvgIpc) is 3.14. The van der Waals surface area contributed by atoms with E-state index in [1.807, 2.05) is 10.5 Å². The summed E-state index contributed by atoms with van der Waals surface area (Å²) in [4.78, 5) is 7.23. The Bertz CT molecular complexity index is 908. The minimum absolute atomic E-state index is 0.782. The Morgan fingerprint density at radius 1 is 1.19 bits per heavy atom. The Kier molecular flexibility index (Phi) is 2.93. The van der Waals surface area contributed by atoms with Crippen LogP contribution >= 0.6 is 11.3 Å². The van der Waals surface area contributed by atoms with Crippen LogP contribution in [0.2, 0.25) is 0 Å². The van der Waals surface area contributed by atoms with Crippen molar-refractivity contribution in [1.82, 2.24) is 19.6 Å².